The number of allylic oxidation sites excluding steroid dienone is 1. The molecule has 0 bridgehead atoms. The number of aliphatic hydroxyl groups excluding tert-OH is 1. The molecule has 0 amide bonds. The van der Waals surface area contributed by atoms with E-state index in [9.17, 15) is 5.11 Å². The van der Waals surface area contributed by atoms with Crippen LogP contribution in [0.2, 0.25) is 0 Å². The van der Waals surface area contributed by atoms with E-state index in [1.165, 1.54) is 5.57 Å². The third kappa shape index (κ3) is 4.20. The van der Waals surface area contributed by atoms with Gasteiger partial charge >= 0.3 is 0 Å². The van der Waals surface area contributed by atoms with Gasteiger partial charge in [-0.1, -0.05) is 39.3 Å². The van der Waals surface area contributed by atoms with E-state index in [1.807, 2.05) is 19.9 Å². The highest BCUT2D eigenvalue weighted by molar-refractivity contribution is 5.04. The molecule has 11 heavy (non-hydrogen) atoms. The zero-order valence-electron chi connectivity index (χ0n) is 8.26. The lowest BCUT2D eigenvalue weighted by molar-refractivity contribution is 0.170. The van der Waals surface area contributed by atoms with Gasteiger partial charge in [0.25, 0.3) is 0 Å². The minimum atomic E-state index is -0.280. The predicted octanol–water partition coefficient (Wildman–Crippen LogP) is 2.61. The zero-order chi connectivity index (χ0) is 9.02. The third-order valence-corrected chi connectivity index (χ3v) is 2.03. The summed E-state index contributed by atoms with van der Waals surface area (Å²) in [4.78, 5) is 0. The molecule has 0 aliphatic carbocycles. The number of hydrogen-bond acceptors (Lipinski definition) is 1. The van der Waals surface area contributed by atoms with Gasteiger partial charge in [-0.05, 0) is 18.8 Å². The van der Waals surface area contributed by atoms with E-state index in [4.69, 9.17) is 0 Å². The molecular weight excluding hydrogens is 136 g/mol. The van der Waals surface area contributed by atoms with Crippen LogP contribution in [0.5, 0.6) is 0 Å². The van der Waals surface area contributed by atoms with Gasteiger partial charge in [0.05, 0.1) is 6.10 Å². The van der Waals surface area contributed by atoms with Crippen LogP contribution in [-0.2, 0) is 0 Å². The third-order valence-electron chi connectivity index (χ3n) is 2.03. The number of hydrogen-bond donors (Lipinski definition) is 1. The van der Waals surface area contributed by atoms with Crippen LogP contribution in [0.1, 0.15) is 34.6 Å². The van der Waals surface area contributed by atoms with E-state index in [-0.39, 0.29) is 6.10 Å². The standard InChI is InChI=1S/C10H20O/c1-7(2)9(5)6-10(11)8(3)4/h6-8,10-11H,1-5H3/b9-6-/t10-/m1/s1. The van der Waals surface area contributed by atoms with Crippen molar-refractivity contribution in [3.05, 3.63) is 11.6 Å². The lowest BCUT2D eigenvalue weighted by Gasteiger charge is -2.12. The first-order valence-electron chi connectivity index (χ1n) is 4.31. The first-order valence-corrected chi connectivity index (χ1v) is 4.31. The molecule has 0 aromatic carbocycles. The van der Waals surface area contributed by atoms with Gasteiger partial charge in [0.15, 0.2) is 0 Å². The Morgan fingerprint density at radius 2 is 1.64 bits per heavy atom. The topological polar surface area (TPSA) is 20.2 Å². The summed E-state index contributed by atoms with van der Waals surface area (Å²) in [7, 11) is 0. The molecule has 1 nitrogen and oxygen atoms in total. The highest BCUT2D eigenvalue weighted by atomic mass is 16.3. The SMILES string of the molecule is C/C(=C/[C@@H](O)C(C)C)C(C)C. The van der Waals surface area contributed by atoms with Gasteiger partial charge in [-0.25, -0.2) is 0 Å². The van der Waals surface area contributed by atoms with E-state index in [1.54, 1.807) is 0 Å². The molecule has 66 valence electrons. The molecule has 0 saturated carbocycles. The van der Waals surface area contributed by atoms with E-state index in [0.29, 0.717) is 11.8 Å². The maximum Gasteiger partial charge on any atom is 0.0746 e. The smallest absolute Gasteiger partial charge is 0.0746 e. The Labute approximate surface area is 70.1 Å². The average molecular weight is 156 g/mol. The molecule has 0 rings (SSSR count). The van der Waals surface area contributed by atoms with Gasteiger partial charge in [-0.15, -0.1) is 0 Å². The molecule has 1 N–H and O–H groups in total. The van der Waals surface area contributed by atoms with Crippen LogP contribution in [0.3, 0.4) is 0 Å². The molecular formula is C10H20O. The van der Waals surface area contributed by atoms with Crippen molar-refractivity contribution in [1.29, 1.82) is 0 Å². The van der Waals surface area contributed by atoms with Crippen LogP contribution in [0.4, 0.5) is 0 Å². The largest absolute Gasteiger partial charge is 0.389 e. The van der Waals surface area contributed by atoms with Crippen molar-refractivity contribution in [1.82, 2.24) is 0 Å². The predicted molar refractivity (Wildman–Crippen MR) is 49.4 cm³/mol. The first-order chi connectivity index (χ1) is 4.95. The van der Waals surface area contributed by atoms with E-state index in [0.717, 1.165) is 0 Å². The van der Waals surface area contributed by atoms with E-state index >= 15 is 0 Å². The molecule has 0 aliphatic rings. The summed E-state index contributed by atoms with van der Waals surface area (Å²) in [5.74, 6) is 0.868. The summed E-state index contributed by atoms with van der Waals surface area (Å²) in [5.41, 5.74) is 1.27. The van der Waals surface area contributed by atoms with E-state index in [2.05, 4.69) is 20.8 Å². The van der Waals surface area contributed by atoms with Crippen LogP contribution in [-0.4, -0.2) is 11.2 Å². The quantitative estimate of drug-likeness (QED) is 0.623. The zero-order valence-corrected chi connectivity index (χ0v) is 8.26. The van der Waals surface area contributed by atoms with Crippen molar-refractivity contribution < 1.29 is 5.11 Å². The van der Waals surface area contributed by atoms with Crippen LogP contribution in [0.25, 0.3) is 0 Å². The van der Waals surface area contributed by atoms with E-state index < -0.39 is 0 Å². The molecule has 0 saturated heterocycles. The van der Waals surface area contributed by atoms with Crippen LogP contribution in [0.15, 0.2) is 11.6 Å². The number of aliphatic hydroxyl groups is 1. The van der Waals surface area contributed by atoms with Gasteiger partial charge < -0.3 is 5.11 Å². The van der Waals surface area contributed by atoms with Gasteiger partial charge in [0, 0.05) is 0 Å². The summed E-state index contributed by atoms with van der Waals surface area (Å²) < 4.78 is 0. The average Bonchev–Trinajstić information content (AvgIpc) is 1.87. The Morgan fingerprint density at radius 3 is 1.91 bits per heavy atom. The lowest BCUT2D eigenvalue weighted by Crippen LogP contribution is -2.12. The second kappa shape index (κ2) is 4.55. The van der Waals surface area contributed by atoms with Crippen molar-refractivity contribution >= 4 is 0 Å². The summed E-state index contributed by atoms with van der Waals surface area (Å²) in [6, 6.07) is 0. The highest BCUT2D eigenvalue weighted by Gasteiger charge is 2.06. The summed E-state index contributed by atoms with van der Waals surface area (Å²) in [5, 5.41) is 9.47. The molecule has 0 radical (unpaired) electrons. The molecule has 0 fully saturated rings. The van der Waals surface area contributed by atoms with Crippen molar-refractivity contribution in [3.8, 4) is 0 Å². The Balaban J connectivity index is 4.07. The monoisotopic (exact) mass is 156 g/mol. The maximum absolute atomic E-state index is 9.47. The Bertz CT molecular complexity index is 134. The molecule has 1 heteroatoms. The van der Waals surface area contributed by atoms with Gasteiger partial charge in [0.1, 0.15) is 0 Å². The van der Waals surface area contributed by atoms with Crippen molar-refractivity contribution in [2.75, 3.05) is 0 Å². The maximum atomic E-state index is 9.47. The van der Waals surface area contributed by atoms with Gasteiger partial charge in [0.2, 0.25) is 0 Å². The Kier molecular flexibility index (Phi) is 4.43. The fourth-order valence-electron chi connectivity index (χ4n) is 0.654. The minimum Gasteiger partial charge on any atom is -0.389 e. The fraction of sp³-hybridized carbons (Fsp3) is 0.800. The van der Waals surface area contributed by atoms with Crippen molar-refractivity contribution in [2.45, 2.75) is 40.7 Å². The summed E-state index contributed by atoms with van der Waals surface area (Å²) >= 11 is 0. The first kappa shape index (κ1) is 10.7. The molecule has 0 unspecified atom stereocenters. The second-order valence-corrected chi connectivity index (χ2v) is 3.80. The molecule has 0 spiro atoms. The molecule has 1 atom stereocenters. The molecule has 0 aromatic rings. The van der Waals surface area contributed by atoms with Crippen LogP contribution < -0.4 is 0 Å². The highest BCUT2D eigenvalue weighted by Crippen LogP contribution is 2.12. The Morgan fingerprint density at radius 1 is 1.18 bits per heavy atom. The molecule has 0 aromatic heterocycles. The second-order valence-electron chi connectivity index (χ2n) is 3.80. The van der Waals surface area contributed by atoms with Crippen LogP contribution in [0, 0.1) is 11.8 Å². The van der Waals surface area contributed by atoms with Gasteiger partial charge in [-0.3, -0.25) is 0 Å². The summed E-state index contributed by atoms with van der Waals surface area (Å²) in [6.07, 6.45) is 1.67. The molecule has 0 aliphatic heterocycles. The normalized spacial score (nSPS) is 16.2. The lowest BCUT2D eigenvalue weighted by atomic mass is 9.99. The fourth-order valence-corrected chi connectivity index (χ4v) is 0.654. The van der Waals surface area contributed by atoms with Gasteiger partial charge in [-0.2, -0.15) is 0 Å². The Hall–Kier alpha value is -0.300. The number of rotatable bonds is 3. The minimum absolute atomic E-state index is 0.280. The van der Waals surface area contributed by atoms with Crippen LogP contribution >= 0.6 is 0 Å². The molecule has 0 heterocycles. The van der Waals surface area contributed by atoms with Crippen molar-refractivity contribution in [3.63, 3.8) is 0 Å². The van der Waals surface area contributed by atoms with Crippen molar-refractivity contribution in [2.24, 2.45) is 11.8 Å². The summed E-state index contributed by atoms with van der Waals surface area (Å²) in [6.45, 7) is 10.4.